The molecular formula is C27H27F3N4O3. The van der Waals surface area contributed by atoms with Crippen LogP contribution in [0.2, 0.25) is 0 Å². The summed E-state index contributed by atoms with van der Waals surface area (Å²) in [6, 6.07) is 16.2. The van der Waals surface area contributed by atoms with Gasteiger partial charge in [0.25, 0.3) is 11.4 Å². The molecule has 0 atom stereocenters. The van der Waals surface area contributed by atoms with Gasteiger partial charge in [0.15, 0.2) is 0 Å². The van der Waals surface area contributed by atoms with Crippen molar-refractivity contribution in [1.82, 2.24) is 19.9 Å². The predicted molar refractivity (Wildman–Crippen MR) is 132 cm³/mol. The second-order valence-electron chi connectivity index (χ2n) is 10.1. The maximum Gasteiger partial charge on any atom is 0.397 e. The van der Waals surface area contributed by atoms with Crippen molar-refractivity contribution >= 4 is 0 Å². The Kier molecular flexibility index (Phi) is 6.81. The first-order valence-electron chi connectivity index (χ1n) is 11.6. The number of alkyl halides is 3. The lowest BCUT2D eigenvalue weighted by molar-refractivity contribution is -0.180. The van der Waals surface area contributed by atoms with Gasteiger partial charge in [0.1, 0.15) is 5.69 Å². The van der Waals surface area contributed by atoms with Crippen LogP contribution in [0.4, 0.5) is 13.2 Å². The number of hydrogen-bond donors (Lipinski definition) is 1. The number of benzene rings is 2. The lowest BCUT2D eigenvalue weighted by Gasteiger charge is -2.28. The second-order valence-corrected chi connectivity index (χ2v) is 10.1. The molecule has 10 heteroatoms. The van der Waals surface area contributed by atoms with E-state index in [9.17, 15) is 23.1 Å². The minimum absolute atomic E-state index is 0.0687. The summed E-state index contributed by atoms with van der Waals surface area (Å²) in [6.07, 6.45) is -3.93. The number of rotatable bonds is 7. The smallest absolute Gasteiger partial charge is 0.390 e. The molecule has 2 aromatic carbocycles. The van der Waals surface area contributed by atoms with E-state index < -0.39 is 17.2 Å². The molecule has 0 amide bonds. The summed E-state index contributed by atoms with van der Waals surface area (Å²) in [5.41, 5.74) is -0.541. The molecule has 1 N–H and O–H groups in total. The lowest BCUT2D eigenvalue weighted by Crippen LogP contribution is -2.36. The van der Waals surface area contributed by atoms with Crippen molar-refractivity contribution in [1.29, 1.82) is 0 Å². The van der Waals surface area contributed by atoms with Gasteiger partial charge in [-0.05, 0) is 50.5 Å². The fourth-order valence-electron chi connectivity index (χ4n) is 3.83. The van der Waals surface area contributed by atoms with Gasteiger partial charge in [0.05, 0.1) is 17.6 Å². The summed E-state index contributed by atoms with van der Waals surface area (Å²) >= 11 is 0. The quantitative estimate of drug-likeness (QED) is 0.368. The molecule has 2 heterocycles. The van der Waals surface area contributed by atoms with Gasteiger partial charge in [-0.15, -0.1) is 0 Å². The molecule has 194 valence electrons. The average molecular weight is 513 g/mol. The zero-order valence-corrected chi connectivity index (χ0v) is 20.9. The minimum Gasteiger partial charge on any atom is -0.390 e. The highest BCUT2D eigenvalue weighted by Gasteiger charge is 2.48. The molecular weight excluding hydrogens is 485 g/mol. The standard InChI is InChI=1S/C27H27F3N4O3/c1-25(2,36)15-17-6-5-7-18(14-17)16-34-22(35)13-12-21(32-34)24-31-23(33-37-24)19-8-10-20(11-9-19)26(3,4)27(28,29)30/h5-14,36H,15-16H2,1-4H3. The van der Waals surface area contributed by atoms with Crippen LogP contribution >= 0.6 is 0 Å². The highest BCUT2D eigenvalue weighted by molar-refractivity contribution is 5.58. The van der Waals surface area contributed by atoms with Crippen LogP contribution in [0, 0.1) is 0 Å². The average Bonchev–Trinajstić information content (AvgIpc) is 3.29. The molecule has 7 nitrogen and oxygen atoms in total. The van der Waals surface area contributed by atoms with Crippen molar-refractivity contribution in [3.8, 4) is 23.0 Å². The molecule has 37 heavy (non-hydrogen) atoms. The van der Waals surface area contributed by atoms with Crippen molar-refractivity contribution in [3.05, 3.63) is 87.7 Å². The van der Waals surface area contributed by atoms with Crippen molar-refractivity contribution in [3.63, 3.8) is 0 Å². The normalized spacial score (nSPS) is 12.6. The van der Waals surface area contributed by atoms with E-state index in [-0.39, 0.29) is 35.1 Å². The topological polar surface area (TPSA) is 94.0 Å². The third-order valence-corrected chi connectivity index (χ3v) is 6.05. The van der Waals surface area contributed by atoms with Gasteiger partial charge in [-0.25, -0.2) is 4.68 Å². The van der Waals surface area contributed by atoms with E-state index in [1.807, 2.05) is 24.3 Å². The lowest BCUT2D eigenvalue weighted by atomic mass is 9.83. The van der Waals surface area contributed by atoms with Crippen LogP contribution < -0.4 is 5.56 Å². The molecule has 0 fully saturated rings. The molecule has 0 aliphatic heterocycles. The fourth-order valence-corrected chi connectivity index (χ4v) is 3.83. The van der Waals surface area contributed by atoms with E-state index in [2.05, 4.69) is 15.2 Å². The Morgan fingerprint density at radius 2 is 1.62 bits per heavy atom. The maximum atomic E-state index is 13.3. The van der Waals surface area contributed by atoms with E-state index in [1.165, 1.54) is 41.1 Å². The first kappa shape index (κ1) is 26.3. The molecule has 0 bridgehead atoms. The van der Waals surface area contributed by atoms with Crippen LogP contribution in [0.5, 0.6) is 0 Å². The van der Waals surface area contributed by atoms with E-state index in [1.54, 1.807) is 13.8 Å². The predicted octanol–water partition coefficient (Wildman–Crippen LogP) is 5.16. The molecule has 0 aliphatic carbocycles. The molecule has 2 aromatic heterocycles. The number of nitrogens with zero attached hydrogens (tertiary/aromatic N) is 4. The Hall–Kier alpha value is -3.79. The van der Waals surface area contributed by atoms with E-state index in [0.29, 0.717) is 12.0 Å². The van der Waals surface area contributed by atoms with Gasteiger partial charge in [-0.1, -0.05) is 53.7 Å². The van der Waals surface area contributed by atoms with Gasteiger partial charge < -0.3 is 9.63 Å². The van der Waals surface area contributed by atoms with Crippen molar-refractivity contribution < 1.29 is 22.8 Å². The van der Waals surface area contributed by atoms with E-state index in [0.717, 1.165) is 25.0 Å². The third kappa shape index (κ3) is 5.96. The molecule has 0 saturated heterocycles. The molecule has 0 spiro atoms. The fraction of sp³-hybridized carbons (Fsp3) is 0.333. The Labute approximate surface area is 211 Å². The molecule has 0 aliphatic rings. The molecule has 0 unspecified atom stereocenters. The zero-order valence-electron chi connectivity index (χ0n) is 20.9. The Morgan fingerprint density at radius 1 is 0.946 bits per heavy atom. The highest BCUT2D eigenvalue weighted by Crippen LogP contribution is 2.40. The number of halogens is 3. The number of aromatic nitrogens is 4. The van der Waals surface area contributed by atoms with Crippen LogP contribution in [-0.2, 0) is 18.4 Å². The monoisotopic (exact) mass is 512 g/mol. The number of hydrogen-bond acceptors (Lipinski definition) is 6. The Bertz CT molecular complexity index is 1450. The van der Waals surface area contributed by atoms with Crippen LogP contribution in [0.3, 0.4) is 0 Å². The first-order valence-corrected chi connectivity index (χ1v) is 11.6. The Balaban J connectivity index is 1.56. The summed E-state index contributed by atoms with van der Waals surface area (Å²) in [7, 11) is 0. The van der Waals surface area contributed by atoms with Gasteiger partial charge in [0, 0.05) is 18.1 Å². The van der Waals surface area contributed by atoms with Gasteiger partial charge in [0.2, 0.25) is 5.82 Å². The summed E-state index contributed by atoms with van der Waals surface area (Å²) in [5, 5.41) is 18.4. The van der Waals surface area contributed by atoms with Crippen LogP contribution in [0.25, 0.3) is 23.0 Å². The minimum atomic E-state index is -4.39. The molecule has 0 radical (unpaired) electrons. The zero-order chi connectivity index (χ0) is 27.0. The largest absolute Gasteiger partial charge is 0.397 e. The van der Waals surface area contributed by atoms with Gasteiger partial charge >= 0.3 is 6.18 Å². The summed E-state index contributed by atoms with van der Waals surface area (Å²) < 4.78 is 46.6. The summed E-state index contributed by atoms with van der Waals surface area (Å²) in [6.45, 7) is 5.90. The summed E-state index contributed by atoms with van der Waals surface area (Å²) in [4.78, 5) is 16.8. The molecule has 4 aromatic rings. The SMILES string of the molecule is CC(C)(O)Cc1cccc(Cn2nc(-c3nc(-c4ccc(C(C)(C)C(F)(F)F)cc4)no3)ccc2=O)c1. The molecule has 0 saturated carbocycles. The highest BCUT2D eigenvalue weighted by atomic mass is 19.4. The molecule has 4 rings (SSSR count). The first-order chi connectivity index (χ1) is 17.2. The van der Waals surface area contributed by atoms with Gasteiger partial charge in [-0.3, -0.25) is 4.79 Å². The number of aliphatic hydroxyl groups is 1. The van der Waals surface area contributed by atoms with E-state index >= 15 is 0 Å². The third-order valence-electron chi connectivity index (χ3n) is 6.05. The maximum absolute atomic E-state index is 13.3. The van der Waals surface area contributed by atoms with E-state index in [4.69, 9.17) is 4.52 Å². The van der Waals surface area contributed by atoms with Crippen molar-refractivity contribution in [2.24, 2.45) is 0 Å². The van der Waals surface area contributed by atoms with Gasteiger partial charge in [-0.2, -0.15) is 23.3 Å². The summed E-state index contributed by atoms with van der Waals surface area (Å²) in [5.74, 6) is 0.254. The van der Waals surface area contributed by atoms with Crippen molar-refractivity contribution in [2.45, 2.75) is 57.9 Å². The Morgan fingerprint density at radius 3 is 2.27 bits per heavy atom. The van der Waals surface area contributed by atoms with Crippen LogP contribution in [0.1, 0.15) is 44.4 Å². The van der Waals surface area contributed by atoms with Crippen LogP contribution in [-0.4, -0.2) is 36.8 Å². The van der Waals surface area contributed by atoms with Crippen LogP contribution in [0.15, 0.2) is 70.0 Å². The second kappa shape index (κ2) is 9.59. The van der Waals surface area contributed by atoms with Crippen molar-refractivity contribution in [2.75, 3.05) is 0 Å².